The number of piperidine rings is 1. The van der Waals surface area contributed by atoms with Gasteiger partial charge in [0, 0.05) is 0 Å². The Kier molecular flexibility index (Phi) is 8.91. The number of likely N-dealkylation sites (tertiary alicyclic amines) is 1. The van der Waals surface area contributed by atoms with Crippen LogP contribution < -0.4 is 4.74 Å². The van der Waals surface area contributed by atoms with E-state index in [1.54, 1.807) is 11.3 Å². The fourth-order valence-corrected chi connectivity index (χ4v) is 4.84. The van der Waals surface area contributed by atoms with Crippen LogP contribution >= 0.6 is 36.2 Å². The third-order valence-electron chi connectivity index (χ3n) is 4.77. The van der Waals surface area contributed by atoms with E-state index in [-0.39, 0.29) is 24.8 Å². The van der Waals surface area contributed by atoms with Gasteiger partial charge in [0.2, 0.25) is 0 Å². The number of nitrogens with zero attached hydrogens (tertiary/aromatic N) is 2. The Morgan fingerprint density at radius 3 is 2.41 bits per heavy atom. The van der Waals surface area contributed by atoms with Crippen LogP contribution in [0.3, 0.4) is 0 Å². The number of para-hydroxylation sites is 1. The monoisotopic (exact) mass is 484 g/mol. The van der Waals surface area contributed by atoms with Gasteiger partial charge in [0.15, 0.2) is 0 Å². The molecule has 0 bridgehead atoms. The molecule has 1 aromatic heterocycles. The molecule has 2 aromatic carbocycles. The number of benzene rings is 2. The van der Waals surface area contributed by atoms with Gasteiger partial charge in [-0.15, -0.1) is 24.8 Å². The standard InChI is InChI=1S/C20H21AsN2OS.2ClH/c21-13-15-9-11-23(12-10-15)14-16-5-7-17(8-6-16)24-20-22-18-3-1-2-4-19(18)25-20;;/h1-8,15H,9-14H2;2*1H. The van der Waals surface area contributed by atoms with Gasteiger partial charge in [-0.05, 0) is 12.1 Å². The van der Waals surface area contributed by atoms with Crippen LogP contribution in [-0.2, 0) is 6.54 Å². The van der Waals surface area contributed by atoms with E-state index in [2.05, 4.69) is 57.1 Å². The van der Waals surface area contributed by atoms with E-state index >= 15 is 0 Å². The van der Waals surface area contributed by atoms with Crippen molar-refractivity contribution in [1.29, 1.82) is 0 Å². The quantitative estimate of drug-likeness (QED) is 0.432. The molecule has 2 radical (unpaired) electrons. The van der Waals surface area contributed by atoms with E-state index in [1.807, 2.05) is 18.2 Å². The molecule has 4 rings (SSSR count). The van der Waals surface area contributed by atoms with Crippen molar-refractivity contribution >= 4 is 63.2 Å². The van der Waals surface area contributed by atoms with Crippen LogP contribution in [0.5, 0.6) is 10.9 Å². The van der Waals surface area contributed by atoms with Crippen molar-refractivity contribution in [2.45, 2.75) is 24.6 Å². The van der Waals surface area contributed by atoms with Crippen LogP contribution in [-0.4, -0.2) is 39.8 Å². The Labute approximate surface area is 185 Å². The molecular weight excluding hydrogens is 462 g/mol. The SMILES string of the molecule is Cl.Cl.[As]CC1CCN(Cc2ccc(Oc3nc4ccccc4s3)cc2)CC1. The van der Waals surface area contributed by atoms with Crippen molar-refractivity contribution in [1.82, 2.24) is 9.88 Å². The van der Waals surface area contributed by atoms with Crippen molar-refractivity contribution in [3.05, 3.63) is 54.1 Å². The van der Waals surface area contributed by atoms with Crippen molar-refractivity contribution in [3.8, 4) is 10.9 Å². The van der Waals surface area contributed by atoms with E-state index < -0.39 is 0 Å². The first-order valence-corrected chi connectivity index (χ1v) is 10.9. The van der Waals surface area contributed by atoms with Crippen molar-refractivity contribution < 1.29 is 4.74 Å². The van der Waals surface area contributed by atoms with Crippen LogP contribution in [0.25, 0.3) is 10.2 Å². The molecule has 7 heteroatoms. The fraction of sp³-hybridized carbons (Fsp3) is 0.350. The number of aromatic nitrogens is 1. The van der Waals surface area contributed by atoms with Gasteiger partial charge in [0.05, 0.1) is 10.2 Å². The van der Waals surface area contributed by atoms with Gasteiger partial charge in [-0.3, -0.25) is 0 Å². The van der Waals surface area contributed by atoms with Crippen LogP contribution in [0, 0.1) is 5.92 Å². The molecular formula is C20H23AsCl2N2OS. The van der Waals surface area contributed by atoms with Gasteiger partial charge in [0.1, 0.15) is 0 Å². The molecule has 3 nitrogen and oxygen atoms in total. The molecule has 0 atom stereocenters. The Morgan fingerprint density at radius 2 is 1.74 bits per heavy atom. The van der Waals surface area contributed by atoms with Crippen molar-refractivity contribution in [3.63, 3.8) is 0 Å². The van der Waals surface area contributed by atoms with Gasteiger partial charge >= 0.3 is 111 Å². The molecule has 3 aromatic rings. The molecule has 0 spiro atoms. The van der Waals surface area contributed by atoms with Gasteiger partial charge in [0.25, 0.3) is 0 Å². The number of hydrogen-bond acceptors (Lipinski definition) is 4. The van der Waals surface area contributed by atoms with E-state index in [0.717, 1.165) is 28.4 Å². The van der Waals surface area contributed by atoms with Gasteiger partial charge in [-0.1, -0.05) is 23.5 Å². The summed E-state index contributed by atoms with van der Waals surface area (Å²) < 4.78 is 7.08. The summed E-state index contributed by atoms with van der Waals surface area (Å²) >= 11 is 4.33. The second-order valence-corrected chi connectivity index (χ2v) is 8.35. The van der Waals surface area contributed by atoms with Crippen LogP contribution in [0.15, 0.2) is 48.5 Å². The third kappa shape index (κ3) is 5.85. The molecule has 144 valence electrons. The summed E-state index contributed by atoms with van der Waals surface area (Å²) in [6.45, 7) is 3.46. The Balaban J connectivity index is 0.00000131. The Bertz CT molecular complexity index is 802. The maximum absolute atomic E-state index is 5.93. The Morgan fingerprint density at radius 1 is 1.04 bits per heavy atom. The van der Waals surface area contributed by atoms with Crippen molar-refractivity contribution in [2.24, 2.45) is 5.92 Å². The summed E-state index contributed by atoms with van der Waals surface area (Å²) in [5.41, 5.74) is 2.34. The van der Waals surface area contributed by atoms with Crippen LogP contribution in [0.4, 0.5) is 0 Å². The van der Waals surface area contributed by atoms with E-state index in [4.69, 9.17) is 4.74 Å². The first-order chi connectivity index (χ1) is 12.3. The third-order valence-corrected chi connectivity index (χ3v) is 6.77. The van der Waals surface area contributed by atoms with Crippen LogP contribution in [0.2, 0.25) is 5.21 Å². The second kappa shape index (κ2) is 10.7. The summed E-state index contributed by atoms with van der Waals surface area (Å²) in [7, 11) is 0. The minimum absolute atomic E-state index is 0. The molecule has 0 saturated carbocycles. The van der Waals surface area contributed by atoms with E-state index in [0.29, 0.717) is 5.19 Å². The fourth-order valence-electron chi connectivity index (χ4n) is 3.24. The van der Waals surface area contributed by atoms with Gasteiger partial charge < -0.3 is 0 Å². The Hall–Kier alpha value is -0.772. The molecule has 27 heavy (non-hydrogen) atoms. The number of rotatable bonds is 5. The number of fused-ring (bicyclic) bond motifs is 1. The number of thiazole rings is 1. The minimum atomic E-state index is 0. The molecule has 0 N–H and O–H groups in total. The zero-order valence-corrected chi connectivity index (χ0v) is 19.2. The zero-order chi connectivity index (χ0) is 17.1. The molecule has 1 fully saturated rings. The van der Waals surface area contributed by atoms with Gasteiger partial charge in [-0.25, -0.2) is 4.98 Å². The average molecular weight is 485 g/mol. The molecule has 1 aliphatic rings. The predicted molar refractivity (Wildman–Crippen MR) is 119 cm³/mol. The zero-order valence-electron chi connectivity index (χ0n) is 14.9. The summed E-state index contributed by atoms with van der Waals surface area (Å²) in [6.07, 6.45) is 2.65. The van der Waals surface area contributed by atoms with Crippen molar-refractivity contribution in [2.75, 3.05) is 13.1 Å². The normalized spacial score (nSPS) is 15.1. The molecule has 1 saturated heterocycles. The summed E-state index contributed by atoms with van der Waals surface area (Å²) in [5.74, 6) is 1.76. The van der Waals surface area contributed by atoms with Crippen LogP contribution in [0.1, 0.15) is 18.4 Å². The van der Waals surface area contributed by atoms with Gasteiger partial charge in [-0.2, -0.15) is 0 Å². The first-order valence-electron chi connectivity index (χ1n) is 8.76. The molecule has 1 aliphatic heterocycles. The average Bonchev–Trinajstić information content (AvgIpc) is 3.06. The first kappa shape index (κ1) is 22.5. The molecule has 0 amide bonds. The maximum atomic E-state index is 5.93. The molecule has 2 heterocycles. The molecule has 0 unspecified atom stereocenters. The van der Waals surface area contributed by atoms with E-state index in [9.17, 15) is 0 Å². The number of ether oxygens (including phenoxy) is 1. The summed E-state index contributed by atoms with van der Waals surface area (Å²) in [5, 5.41) is 1.97. The predicted octanol–water partition coefficient (Wildman–Crippen LogP) is 5.73. The number of hydrogen-bond donors (Lipinski definition) is 0. The summed E-state index contributed by atoms with van der Waals surface area (Å²) in [4.78, 5) is 7.08. The number of halogens is 2. The molecule has 0 aliphatic carbocycles. The second-order valence-electron chi connectivity index (χ2n) is 6.60. The van der Waals surface area contributed by atoms with E-state index in [1.165, 1.54) is 36.7 Å². The summed E-state index contributed by atoms with van der Waals surface area (Å²) in [6, 6.07) is 16.6. The topological polar surface area (TPSA) is 25.4 Å².